The highest BCUT2D eigenvalue weighted by Gasteiger charge is 2.05. The van der Waals surface area contributed by atoms with Crippen molar-refractivity contribution in [3.8, 4) is 0 Å². The fourth-order valence-corrected chi connectivity index (χ4v) is 1.51. The SMILES string of the molecule is CN(CCO)C(=O)NCCOCc1ccc(Cl)cc1. The number of carbonyl (C=O) groups excluding carboxylic acids is 1. The van der Waals surface area contributed by atoms with E-state index in [1.807, 2.05) is 24.3 Å². The lowest BCUT2D eigenvalue weighted by atomic mass is 10.2. The summed E-state index contributed by atoms with van der Waals surface area (Å²) in [5.74, 6) is 0. The van der Waals surface area contributed by atoms with Gasteiger partial charge in [0.25, 0.3) is 0 Å². The molecule has 1 aromatic carbocycles. The lowest BCUT2D eigenvalue weighted by Crippen LogP contribution is -2.40. The maximum atomic E-state index is 11.4. The van der Waals surface area contributed by atoms with Crippen molar-refractivity contribution in [2.24, 2.45) is 0 Å². The first-order valence-electron chi connectivity index (χ1n) is 6.05. The summed E-state index contributed by atoms with van der Waals surface area (Å²) < 4.78 is 5.42. The van der Waals surface area contributed by atoms with Gasteiger partial charge in [-0.1, -0.05) is 23.7 Å². The molecule has 0 atom stereocenters. The van der Waals surface area contributed by atoms with Gasteiger partial charge in [-0.3, -0.25) is 0 Å². The van der Waals surface area contributed by atoms with Crippen LogP contribution in [0.25, 0.3) is 0 Å². The molecule has 0 radical (unpaired) electrons. The number of nitrogens with one attached hydrogen (secondary N) is 1. The Kier molecular flexibility index (Phi) is 7.25. The molecule has 106 valence electrons. The Bertz CT molecular complexity index is 384. The van der Waals surface area contributed by atoms with Crippen molar-refractivity contribution >= 4 is 17.6 Å². The molecule has 5 nitrogen and oxygen atoms in total. The molecular weight excluding hydrogens is 268 g/mol. The predicted molar refractivity (Wildman–Crippen MR) is 74.2 cm³/mol. The molecule has 1 aromatic rings. The topological polar surface area (TPSA) is 61.8 Å². The Balaban J connectivity index is 2.11. The van der Waals surface area contributed by atoms with Crippen LogP contribution in [0.1, 0.15) is 5.56 Å². The van der Waals surface area contributed by atoms with E-state index in [0.717, 1.165) is 5.56 Å². The summed E-state index contributed by atoms with van der Waals surface area (Å²) in [7, 11) is 1.63. The van der Waals surface area contributed by atoms with Gasteiger partial charge in [0, 0.05) is 25.2 Å². The zero-order valence-corrected chi connectivity index (χ0v) is 11.7. The van der Waals surface area contributed by atoms with E-state index in [4.69, 9.17) is 21.4 Å². The molecule has 0 bridgehead atoms. The molecule has 0 saturated carbocycles. The van der Waals surface area contributed by atoms with Crippen LogP contribution in [0, 0.1) is 0 Å². The molecule has 0 aliphatic carbocycles. The van der Waals surface area contributed by atoms with Crippen molar-refractivity contribution in [2.75, 3.05) is 33.4 Å². The number of aliphatic hydroxyl groups is 1. The average Bonchev–Trinajstić information content (AvgIpc) is 2.40. The van der Waals surface area contributed by atoms with E-state index in [1.165, 1.54) is 4.90 Å². The molecule has 6 heteroatoms. The van der Waals surface area contributed by atoms with E-state index in [2.05, 4.69) is 5.32 Å². The fourth-order valence-electron chi connectivity index (χ4n) is 1.39. The van der Waals surface area contributed by atoms with Crippen molar-refractivity contribution < 1.29 is 14.6 Å². The molecule has 2 amide bonds. The number of benzene rings is 1. The summed E-state index contributed by atoms with van der Waals surface area (Å²) in [6, 6.07) is 7.20. The molecule has 0 unspecified atom stereocenters. The van der Waals surface area contributed by atoms with Crippen LogP contribution in [0.2, 0.25) is 5.02 Å². The first-order chi connectivity index (χ1) is 9.13. The number of ether oxygens (including phenoxy) is 1. The van der Waals surface area contributed by atoms with Crippen molar-refractivity contribution in [1.82, 2.24) is 10.2 Å². The van der Waals surface area contributed by atoms with E-state index in [-0.39, 0.29) is 12.6 Å². The van der Waals surface area contributed by atoms with Crippen molar-refractivity contribution in [2.45, 2.75) is 6.61 Å². The van der Waals surface area contributed by atoms with Gasteiger partial charge < -0.3 is 20.1 Å². The Labute approximate surface area is 118 Å². The summed E-state index contributed by atoms with van der Waals surface area (Å²) in [4.78, 5) is 12.9. The third-order valence-corrected chi connectivity index (χ3v) is 2.74. The average molecular weight is 287 g/mol. The van der Waals surface area contributed by atoms with Gasteiger partial charge in [-0.15, -0.1) is 0 Å². The third-order valence-electron chi connectivity index (χ3n) is 2.49. The number of aliphatic hydroxyl groups excluding tert-OH is 1. The maximum Gasteiger partial charge on any atom is 0.317 e. The highest BCUT2D eigenvalue weighted by Crippen LogP contribution is 2.09. The third kappa shape index (κ3) is 6.42. The Morgan fingerprint density at radius 2 is 2.11 bits per heavy atom. The molecule has 1 rings (SSSR count). The van der Waals surface area contributed by atoms with E-state index >= 15 is 0 Å². The Morgan fingerprint density at radius 3 is 2.74 bits per heavy atom. The summed E-state index contributed by atoms with van der Waals surface area (Å²) >= 11 is 5.77. The molecule has 0 aliphatic rings. The van der Waals surface area contributed by atoms with Crippen LogP contribution < -0.4 is 5.32 Å². The van der Waals surface area contributed by atoms with Gasteiger partial charge in [0.1, 0.15) is 0 Å². The number of rotatable bonds is 7. The standard InChI is InChI=1S/C13H19ClN2O3/c1-16(7-8-17)13(18)15-6-9-19-10-11-2-4-12(14)5-3-11/h2-5,17H,6-10H2,1H3,(H,15,18). The number of nitrogens with zero attached hydrogens (tertiary/aromatic N) is 1. The molecule has 2 N–H and O–H groups in total. The molecule has 0 heterocycles. The number of urea groups is 1. The smallest absolute Gasteiger partial charge is 0.317 e. The van der Waals surface area contributed by atoms with Gasteiger partial charge in [-0.2, -0.15) is 0 Å². The minimum Gasteiger partial charge on any atom is -0.395 e. The second kappa shape index (κ2) is 8.74. The second-order valence-electron chi connectivity index (χ2n) is 4.06. The minimum absolute atomic E-state index is 0.0447. The van der Waals surface area contributed by atoms with Crippen molar-refractivity contribution in [3.63, 3.8) is 0 Å². The highest BCUT2D eigenvalue weighted by atomic mass is 35.5. The second-order valence-corrected chi connectivity index (χ2v) is 4.49. The predicted octanol–water partition coefficient (Wildman–Crippen LogP) is 1.49. The minimum atomic E-state index is -0.218. The van der Waals surface area contributed by atoms with Gasteiger partial charge in [-0.25, -0.2) is 4.79 Å². The van der Waals surface area contributed by atoms with E-state index in [9.17, 15) is 4.79 Å². The van der Waals surface area contributed by atoms with Crippen LogP contribution in [0.5, 0.6) is 0 Å². The number of amides is 2. The molecule has 0 aliphatic heterocycles. The lowest BCUT2D eigenvalue weighted by Gasteiger charge is -2.16. The van der Waals surface area contributed by atoms with E-state index < -0.39 is 0 Å². The lowest BCUT2D eigenvalue weighted by molar-refractivity contribution is 0.121. The van der Waals surface area contributed by atoms with Crippen molar-refractivity contribution in [1.29, 1.82) is 0 Å². The number of carbonyl (C=O) groups is 1. The Morgan fingerprint density at radius 1 is 1.42 bits per heavy atom. The summed E-state index contributed by atoms with van der Waals surface area (Å²) in [5.41, 5.74) is 1.04. The van der Waals surface area contributed by atoms with Gasteiger partial charge in [0.05, 0.1) is 19.8 Å². The van der Waals surface area contributed by atoms with Crippen molar-refractivity contribution in [3.05, 3.63) is 34.9 Å². The van der Waals surface area contributed by atoms with E-state index in [0.29, 0.717) is 31.3 Å². The highest BCUT2D eigenvalue weighted by molar-refractivity contribution is 6.30. The van der Waals surface area contributed by atoms with E-state index in [1.54, 1.807) is 7.05 Å². The number of hydrogen-bond acceptors (Lipinski definition) is 3. The van der Waals surface area contributed by atoms with Crippen LogP contribution in [0.15, 0.2) is 24.3 Å². The fraction of sp³-hybridized carbons (Fsp3) is 0.462. The van der Waals surface area contributed by atoms with Crippen LogP contribution in [-0.2, 0) is 11.3 Å². The maximum absolute atomic E-state index is 11.4. The largest absolute Gasteiger partial charge is 0.395 e. The Hall–Kier alpha value is -1.30. The number of halogens is 1. The number of likely N-dealkylation sites (N-methyl/N-ethyl adjacent to an activating group) is 1. The summed E-state index contributed by atoms with van der Waals surface area (Å²) in [6.07, 6.45) is 0. The summed E-state index contributed by atoms with van der Waals surface area (Å²) in [5, 5.41) is 12.1. The quantitative estimate of drug-likeness (QED) is 0.747. The first kappa shape index (κ1) is 15.8. The molecule has 0 spiro atoms. The van der Waals surface area contributed by atoms with Crippen LogP contribution in [-0.4, -0.2) is 49.4 Å². The molecule has 19 heavy (non-hydrogen) atoms. The van der Waals surface area contributed by atoms with Gasteiger partial charge in [0.2, 0.25) is 0 Å². The van der Waals surface area contributed by atoms with Crippen LogP contribution >= 0.6 is 11.6 Å². The van der Waals surface area contributed by atoms with Crippen LogP contribution in [0.4, 0.5) is 4.79 Å². The molecular formula is C13H19ClN2O3. The van der Waals surface area contributed by atoms with Gasteiger partial charge in [-0.05, 0) is 17.7 Å². The normalized spacial score (nSPS) is 10.3. The zero-order valence-electron chi connectivity index (χ0n) is 10.9. The van der Waals surface area contributed by atoms with Gasteiger partial charge in [0.15, 0.2) is 0 Å². The molecule has 0 fully saturated rings. The monoisotopic (exact) mass is 286 g/mol. The van der Waals surface area contributed by atoms with Gasteiger partial charge >= 0.3 is 6.03 Å². The first-order valence-corrected chi connectivity index (χ1v) is 6.43. The summed E-state index contributed by atoms with van der Waals surface area (Å²) in [6.45, 7) is 1.62. The molecule has 0 aromatic heterocycles. The molecule has 0 saturated heterocycles. The number of hydrogen-bond donors (Lipinski definition) is 2. The zero-order chi connectivity index (χ0) is 14.1. The van der Waals surface area contributed by atoms with Crippen LogP contribution in [0.3, 0.4) is 0 Å².